The second-order valence-electron chi connectivity index (χ2n) is 7.52. The molecule has 0 aromatic carbocycles. The standard InChI is InChI=1S/C16H25N3O3S/c1-18-7-14(6-17-18)8-19-11-16(12-19)15(4-5-23(16,20)21)10-22-9-13-2-3-13/h6-7,13,15H,2-5,8-12H2,1H3. The van der Waals surface area contributed by atoms with Crippen LogP contribution in [0.15, 0.2) is 12.4 Å². The molecular formula is C16H25N3O3S. The second kappa shape index (κ2) is 5.57. The van der Waals surface area contributed by atoms with Gasteiger partial charge in [0.15, 0.2) is 9.84 Å². The highest BCUT2D eigenvalue weighted by Crippen LogP contribution is 2.45. The van der Waals surface area contributed by atoms with Gasteiger partial charge in [0.05, 0.1) is 18.6 Å². The summed E-state index contributed by atoms with van der Waals surface area (Å²) in [4.78, 5) is 2.22. The van der Waals surface area contributed by atoms with Crippen LogP contribution in [0.25, 0.3) is 0 Å². The van der Waals surface area contributed by atoms with Crippen LogP contribution in [0.3, 0.4) is 0 Å². The molecule has 3 fully saturated rings. The molecule has 6 nitrogen and oxygen atoms in total. The van der Waals surface area contributed by atoms with E-state index in [4.69, 9.17) is 4.74 Å². The summed E-state index contributed by atoms with van der Waals surface area (Å²) >= 11 is 0. The molecule has 1 saturated carbocycles. The molecule has 7 heteroatoms. The lowest BCUT2D eigenvalue weighted by Gasteiger charge is -2.50. The van der Waals surface area contributed by atoms with Crippen molar-refractivity contribution in [1.82, 2.24) is 14.7 Å². The Morgan fingerprint density at radius 2 is 2.09 bits per heavy atom. The fourth-order valence-electron chi connectivity index (χ4n) is 4.00. The largest absolute Gasteiger partial charge is 0.381 e. The van der Waals surface area contributed by atoms with Crippen LogP contribution < -0.4 is 0 Å². The van der Waals surface area contributed by atoms with Crippen molar-refractivity contribution in [3.63, 3.8) is 0 Å². The van der Waals surface area contributed by atoms with Gasteiger partial charge in [0.25, 0.3) is 0 Å². The van der Waals surface area contributed by atoms with Crippen LogP contribution in [0.5, 0.6) is 0 Å². The topological polar surface area (TPSA) is 64.4 Å². The first-order valence-corrected chi connectivity index (χ1v) is 10.1. The van der Waals surface area contributed by atoms with Crippen LogP contribution in [-0.4, -0.2) is 59.9 Å². The number of ether oxygens (including phenoxy) is 1. The summed E-state index contributed by atoms with van der Waals surface area (Å²) in [5.74, 6) is 1.22. The fourth-order valence-corrected chi connectivity index (χ4v) is 6.46. The zero-order chi connectivity index (χ0) is 16.1. The lowest BCUT2D eigenvalue weighted by molar-refractivity contribution is 0.0227. The number of hydrogen-bond acceptors (Lipinski definition) is 5. The van der Waals surface area contributed by atoms with Crippen molar-refractivity contribution in [2.75, 3.05) is 32.1 Å². The maximum absolute atomic E-state index is 12.6. The molecule has 1 atom stereocenters. The molecule has 1 spiro atoms. The first kappa shape index (κ1) is 15.6. The molecule has 1 unspecified atom stereocenters. The van der Waals surface area contributed by atoms with Gasteiger partial charge in [-0.2, -0.15) is 5.10 Å². The second-order valence-corrected chi connectivity index (χ2v) is 9.97. The SMILES string of the molecule is Cn1cc(CN2CC3(C2)C(COCC2CC2)CCS3(=O)=O)cn1. The van der Waals surface area contributed by atoms with Crippen molar-refractivity contribution in [3.05, 3.63) is 18.0 Å². The molecule has 128 valence electrons. The van der Waals surface area contributed by atoms with E-state index >= 15 is 0 Å². The van der Waals surface area contributed by atoms with E-state index in [0.29, 0.717) is 25.4 Å². The number of likely N-dealkylation sites (tertiary alicyclic amines) is 1. The highest BCUT2D eigenvalue weighted by Gasteiger charge is 2.61. The first-order chi connectivity index (χ1) is 11.0. The molecule has 3 aliphatic rings. The van der Waals surface area contributed by atoms with Crippen molar-refractivity contribution in [1.29, 1.82) is 0 Å². The molecule has 0 amide bonds. The van der Waals surface area contributed by atoms with Crippen LogP contribution in [0, 0.1) is 11.8 Å². The molecule has 4 rings (SSSR count). The molecule has 1 aromatic rings. The van der Waals surface area contributed by atoms with Gasteiger partial charge >= 0.3 is 0 Å². The van der Waals surface area contributed by atoms with Crippen molar-refractivity contribution >= 4 is 9.84 Å². The predicted molar refractivity (Wildman–Crippen MR) is 86.7 cm³/mol. The number of aromatic nitrogens is 2. The summed E-state index contributed by atoms with van der Waals surface area (Å²) < 4.78 is 32.2. The third-order valence-electron chi connectivity index (χ3n) is 5.61. The zero-order valence-corrected chi connectivity index (χ0v) is 14.5. The Balaban J connectivity index is 1.38. The summed E-state index contributed by atoms with van der Waals surface area (Å²) in [5, 5.41) is 4.18. The smallest absolute Gasteiger partial charge is 0.158 e. The summed E-state index contributed by atoms with van der Waals surface area (Å²) in [6, 6.07) is 0. The van der Waals surface area contributed by atoms with Gasteiger partial charge < -0.3 is 4.74 Å². The van der Waals surface area contributed by atoms with E-state index in [2.05, 4.69) is 10.00 Å². The molecular weight excluding hydrogens is 314 g/mol. The van der Waals surface area contributed by atoms with Crippen LogP contribution in [0.1, 0.15) is 24.8 Å². The van der Waals surface area contributed by atoms with E-state index in [0.717, 1.165) is 31.1 Å². The number of nitrogens with zero attached hydrogens (tertiary/aromatic N) is 3. The van der Waals surface area contributed by atoms with Crippen molar-refractivity contribution in [2.45, 2.75) is 30.6 Å². The van der Waals surface area contributed by atoms with Gasteiger partial charge in [0.1, 0.15) is 4.75 Å². The van der Waals surface area contributed by atoms with Gasteiger partial charge in [-0.1, -0.05) is 0 Å². The summed E-state index contributed by atoms with van der Waals surface area (Å²) in [5.41, 5.74) is 1.14. The lowest BCUT2D eigenvalue weighted by atomic mass is 9.83. The molecule has 2 saturated heterocycles. The van der Waals surface area contributed by atoms with E-state index in [1.165, 1.54) is 12.8 Å². The first-order valence-electron chi connectivity index (χ1n) is 8.48. The average Bonchev–Trinajstić information content (AvgIpc) is 3.13. The van der Waals surface area contributed by atoms with E-state index in [1.54, 1.807) is 4.68 Å². The zero-order valence-electron chi connectivity index (χ0n) is 13.6. The van der Waals surface area contributed by atoms with Gasteiger partial charge in [-0.25, -0.2) is 8.42 Å². The van der Waals surface area contributed by atoms with Crippen molar-refractivity contribution in [3.8, 4) is 0 Å². The number of hydrogen-bond donors (Lipinski definition) is 0. The number of rotatable bonds is 6. The maximum Gasteiger partial charge on any atom is 0.158 e. The van der Waals surface area contributed by atoms with Crippen LogP contribution in [0.4, 0.5) is 0 Å². The normalized spacial score (nSPS) is 29.0. The molecule has 23 heavy (non-hydrogen) atoms. The van der Waals surface area contributed by atoms with E-state index in [9.17, 15) is 8.42 Å². The average molecular weight is 339 g/mol. The van der Waals surface area contributed by atoms with Crippen LogP contribution >= 0.6 is 0 Å². The lowest BCUT2D eigenvalue weighted by Crippen LogP contribution is -2.67. The minimum absolute atomic E-state index is 0.163. The Labute approximate surface area is 137 Å². The summed E-state index contributed by atoms with van der Waals surface area (Å²) in [6.45, 7) is 3.48. The van der Waals surface area contributed by atoms with Gasteiger partial charge in [-0.15, -0.1) is 0 Å². The quantitative estimate of drug-likeness (QED) is 0.768. The Morgan fingerprint density at radius 1 is 1.30 bits per heavy atom. The monoisotopic (exact) mass is 339 g/mol. The summed E-state index contributed by atoms with van der Waals surface area (Å²) in [7, 11) is -1.10. The Kier molecular flexibility index (Phi) is 3.77. The van der Waals surface area contributed by atoms with Crippen molar-refractivity contribution in [2.24, 2.45) is 18.9 Å². The van der Waals surface area contributed by atoms with Gasteiger partial charge in [0.2, 0.25) is 0 Å². The molecule has 0 radical (unpaired) electrons. The highest BCUT2D eigenvalue weighted by molar-refractivity contribution is 7.93. The Morgan fingerprint density at radius 3 is 2.74 bits per heavy atom. The number of sulfone groups is 1. The van der Waals surface area contributed by atoms with Gasteiger partial charge in [-0.05, 0) is 25.2 Å². The fraction of sp³-hybridized carbons (Fsp3) is 0.812. The van der Waals surface area contributed by atoms with Crippen LogP contribution in [-0.2, 0) is 28.2 Å². The highest BCUT2D eigenvalue weighted by atomic mass is 32.2. The van der Waals surface area contributed by atoms with E-state index < -0.39 is 14.6 Å². The molecule has 1 aromatic heterocycles. The van der Waals surface area contributed by atoms with E-state index in [1.807, 2.05) is 19.4 Å². The minimum atomic E-state index is -3.00. The summed E-state index contributed by atoms with van der Waals surface area (Å²) in [6.07, 6.45) is 7.14. The van der Waals surface area contributed by atoms with E-state index in [-0.39, 0.29) is 5.92 Å². The molecule has 0 bridgehead atoms. The van der Waals surface area contributed by atoms with Gasteiger partial charge in [0, 0.05) is 51.0 Å². The van der Waals surface area contributed by atoms with Crippen molar-refractivity contribution < 1.29 is 13.2 Å². The minimum Gasteiger partial charge on any atom is -0.381 e. The predicted octanol–water partition coefficient (Wildman–Crippen LogP) is 0.836. The third kappa shape index (κ3) is 2.83. The maximum atomic E-state index is 12.6. The molecule has 0 N–H and O–H groups in total. The van der Waals surface area contributed by atoms with Crippen LogP contribution in [0.2, 0.25) is 0 Å². The third-order valence-corrected chi connectivity index (χ3v) is 8.22. The van der Waals surface area contributed by atoms with Gasteiger partial charge in [-0.3, -0.25) is 9.58 Å². The Bertz CT molecular complexity index is 674. The molecule has 1 aliphatic carbocycles. The molecule has 3 heterocycles. The Hall–Kier alpha value is -0.920. The molecule has 2 aliphatic heterocycles. The number of aryl methyl sites for hydroxylation is 1.